The molecule has 0 radical (unpaired) electrons. The number of allylic oxidation sites excluding steroid dienone is 1. The van der Waals surface area contributed by atoms with E-state index in [1.54, 1.807) is 0 Å². The minimum Gasteiger partial charge on any atom is -0.389 e. The number of hydrogen-bond acceptors (Lipinski definition) is 4. The van der Waals surface area contributed by atoms with E-state index < -0.39 is 34.9 Å². The molecule has 0 bridgehead atoms. The highest BCUT2D eigenvalue weighted by molar-refractivity contribution is 6.22. The zero-order valence-corrected chi connectivity index (χ0v) is 13.5. The second-order valence-electron chi connectivity index (χ2n) is 6.03. The van der Waals surface area contributed by atoms with Gasteiger partial charge in [-0.05, 0) is 25.7 Å². The van der Waals surface area contributed by atoms with E-state index in [1.807, 2.05) is 19.0 Å². The average Bonchev–Trinajstić information content (AvgIpc) is 2.51. The van der Waals surface area contributed by atoms with Gasteiger partial charge in [0.2, 0.25) is 0 Å². The van der Waals surface area contributed by atoms with Crippen LogP contribution >= 0.6 is 0 Å². The Balaban J connectivity index is 2.11. The van der Waals surface area contributed by atoms with E-state index in [1.165, 1.54) is 6.20 Å². The van der Waals surface area contributed by atoms with Gasteiger partial charge in [-0.25, -0.2) is 13.2 Å². The summed E-state index contributed by atoms with van der Waals surface area (Å²) in [5.74, 6) is -5.86. The first-order chi connectivity index (χ1) is 11.3. The zero-order chi connectivity index (χ0) is 17.9. The van der Waals surface area contributed by atoms with Crippen LogP contribution in [0.1, 0.15) is 24.3 Å². The molecule has 0 heterocycles. The number of carbonyl (C=O) groups is 2. The van der Waals surface area contributed by atoms with Gasteiger partial charge in [0.1, 0.15) is 0 Å². The van der Waals surface area contributed by atoms with Gasteiger partial charge in [-0.3, -0.25) is 9.59 Å². The van der Waals surface area contributed by atoms with Crippen molar-refractivity contribution >= 4 is 11.6 Å². The molecule has 4 nitrogen and oxygen atoms in total. The number of hydrogen-bond donors (Lipinski definition) is 1. The Morgan fingerprint density at radius 2 is 1.75 bits per heavy atom. The van der Waals surface area contributed by atoms with Crippen molar-refractivity contribution in [3.05, 3.63) is 46.9 Å². The van der Waals surface area contributed by atoms with Crippen LogP contribution < -0.4 is 5.32 Å². The van der Waals surface area contributed by atoms with Crippen molar-refractivity contribution in [2.45, 2.75) is 18.8 Å². The third kappa shape index (κ3) is 4.03. The fraction of sp³-hybridized carbons (Fsp3) is 0.412. The molecule has 1 aromatic rings. The van der Waals surface area contributed by atoms with Gasteiger partial charge in [0.25, 0.3) is 0 Å². The van der Waals surface area contributed by atoms with Crippen molar-refractivity contribution in [1.29, 1.82) is 0 Å². The quantitative estimate of drug-likeness (QED) is 0.386. The summed E-state index contributed by atoms with van der Waals surface area (Å²) in [6.45, 7) is 1.30. The standard InChI is InChI=1S/C17H19F3N2O2/c1-22(2)6-5-21-9-12-14(23)7-10(8-15(12)24)11-3-4-13(18)17(20)16(11)19/h3-4,9-10,21H,5-8H2,1-2H3. The Bertz CT molecular complexity index is 667. The summed E-state index contributed by atoms with van der Waals surface area (Å²) in [5.41, 5.74) is -0.108. The minimum absolute atomic E-state index is 0.0352. The fourth-order valence-corrected chi connectivity index (χ4v) is 2.59. The highest BCUT2D eigenvalue weighted by Crippen LogP contribution is 2.33. The summed E-state index contributed by atoms with van der Waals surface area (Å²) in [5, 5.41) is 2.90. The third-order valence-electron chi connectivity index (χ3n) is 3.92. The number of halogens is 3. The molecule has 1 fully saturated rings. The Morgan fingerprint density at radius 3 is 2.33 bits per heavy atom. The average molecular weight is 340 g/mol. The molecule has 130 valence electrons. The Morgan fingerprint density at radius 1 is 1.12 bits per heavy atom. The first-order valence-electron chi connectivity index (χ1n) is 7.59. The van der Waals surface area contributed by atoms with Crippen molar-refractivity contribution in [2.24, 2.45) is 0 Å². The molecular weight excluding hydrogens is 321 g/mol. The summed E-state index contributed by atoms with van der Waals surface area (Å²) in [7, 11) is 3.79. The predicted molar refractivity (Wildman–Crippen MR) is 82.9 cm³/mol. The molecular formula is C17H19F3N2O2. The lowest BCUT2D eigenvalue weighted by atomic mass is 9.80. The predicted octanol–water partition coefficient (Wildman–Crippen LogP) is 2.15. The lowest BCUT2D eigenvalue weighted by molar-refractivity contribution is -0.124. The normalized spacial score (nSPS) is 18.2. The maximum Gasteiger partial charge on any atom is 0.194 e. The maximum absolute atomic E-state index is 13.9. The zero-order valence-electron chi connectivity index (χ0n) is 13.5. The van der Waals surface area contributed by atoms with Crippen molar-refractivity contribution < 1.29 is 22.8 Å². The minimum atomic E-state index is -1.58. The van der Waals surface area contributed by atoms with Gasteiger partial charge in [-0.2, -0.15) is 0 Å². The molecule has 1 aliphatic carbocycles. The number of likely N-dealkylation sites (N-methyl/N-ethyl adjacent to an activating group) is 1. The summed E-state index contributed by atoms with van der Waals surface area (Å²) in [6, 6.07) is 1.89. The van der Waals surface area contributed by atoms with Gasteiger partial charge >= 0.3 is 0 Å². The number of carbonyl (C=O) groups excluding carboxylic acids is 2. The largest absolute Gasteiger partial charge is 0.389 e. The molecule has 1 aromatic carbocycles. The molecule has 0 spiro atoms. The topological polar surface area (TPSA) is 49.4 Å². The molecule has 0 saturated heterocycles. The SMILES string of the molecule is CN(C)CCNC=C1C(=O)CC(c2ccc(F)c(F)c2F)CC1=O. The van der Waals surface area contributed by atoms with E-state index in [0.29, 0.717) is 6.54 Å². The number of nitrogens with one attached hydrogen (secondary N) is 1. The summed E-state index contributed by atoms with van der Waals surface area (Å²) >= 11 is 0. The number of ketones is 2. The Kier molecular flexibility index (Phi) is 5.77. The highest BCUT2D eigenvalue weighted by atomic mass is 19.2. The van der Waals surface area contributed by atoms with Gasteiger partial charge in [-0.1, -0.05) is 6.07 Å². The lowest BCUT2D eigenvalue weighted by Gasteiger charge is -2.23. The molecule has 0 aliphatic heterocycles. The maximum atomic E-state index is 13.9. The van der Waals surface area contributed by atoms with Gasteiger partial charge < -0.3 is 10.2 Å². The fourth-order valence-electron chi connectivity index (χ4n) is 2.59. The molecule has 7 heteroatoms. The van der Waals surface area contributed by atoms with E-state index >= 15 is 0 Å². The van der Waals surface area contributed by atoms with Crippen LogP contribution in [-0.2, 0) is 9.59 Å². The van der Waals surface area contributed by atoms with Crippen LogP contribution in [0.3, 0.4) is 0 Å². The monoisotopic (exact) mass is 340 g/mol. The first-order valence-corrected chi connectivity index (χ1v) is 7.59. The van der Waals surface area contributed by atoms with E-state index in [9.17, 15) is 22.8 Å². The van der Waals surface area contributed by atoms with Crippen LogP contribution in [0.4, 0.5) is 13.2 Å². The third-order valence-corrected chi connectivity index (χ3v) is 3.92. The van der Waals surface area contributed by atoms with Crippen LogP contribution in [0.2, 0.25) is 0 Å². The summed E-state index contributed by atoms with van der Waals surface area (Å²) in [6.07, 6.45) is 1.15. The summed E-state index contributed by atoms with van der Waals surface area (Å²) < 4.78 is 40.2. The van der Waals surface area contributed by atoms with Gasteiger partial charge in [0, 0.05) is 38.0 Å². The van der Waals surface area contributed by atoms with Crippen LogP contribution in [0.25, 0.3) is 0 Å². The van der Waals surface area contributed by atoms with Crippen LogP contribution in [0.5, 0.6) is 0 Å². The van der Waals surface area contributed by atoms with E-state index in [0.717, 1.165) is 18.7 Å². The van der Waals surface area contributed by atoms with E-state index in [4.69, 9.17) is 0 Å². The van der Waals surface area contributed by atoms with Crippen molar-refractivity contribution in [3.8, 4) is 0 Å². The number of rotatable bonds is 5. The second kappa shape index (κ2) is 7.61. The van der Waals surface area contributed by atoms with Crippen molar-refractivity contribution in [2.75, 3.05) is 27.2 Å². The Hall–Kier alpha value is -2.15. The van der Waals surface area contributed by atoms with Gasteiger partial charge in [0.05, 0.1) is 5.57 Å². The number of benzene rings is 1. The number of Topliss-reactive ketones (excluding diaryl/α,β-unsaturated/α-hetero) is 2. The Labute approximate surface area is 138 Å². The summed E-state index contributed by atoms with van der Waals surface area (Å²) in [4.78, 5) is 26.2. The molecule has 2 rings (SSSR count). The number of nitrogens with zero attached hydrogens (tertiary/aromatic N) is 1. The van der Waals surface area contributed by atoms with E-state index in [-0.39, 0.29) is 24.0 Å². The lowest BCUT2D eigenvalue weighted by Crippen LogP contribution is -2.29. The highest BCUT2D eigenvalue weighted by Gasteiger charge is 2.33. The molecule has 1 N–H and O–H groups in total. The van der Waals surface area contributed by atoms with Crippen LogP contribution in [0, 0.1) is 17.5 Å². The first kappa shape index (κ1) is 18.2. The van der Waals surface area contributed by atoms with Crippen LogP contribution in [-0.4, -0.2) is 43.7 Å². The van der Waals surface area contributed by atoms with Gasteiger partial charge in [0.15, 0.2) is 29.0 Å². The van der Waals surface area contributed by atoms with Gasteiger partial charge in [-0.15, -0.1) is 0 Å². The van der Waals surface area contributed by atoms with Crippen molar-refractivity contribution in [3.63, 3.8) is 0 Å². The van der Waals surface area contributed by atoms with Crippen molar-refractivity contribution in [1.82, 2.24) is 10.2 Å². The van der Waals surface area contributed by atoms with E-state index in [2.05, 4.69) is 5.32 Å². The molecule has 1 saturated carbocycles. The second-order valence-corrected chi connectivity index (χ2v) is 6.03. The molecule has 0 unspecified atom stereocenters. The smallest absolute Gasteiger partial charge is 0.194 e. The molecule has 0 amide bonds. The molecule has 1 aliphatic rings. The molecule has 0 atom stereocenters. The van der Waals surface area contributed by atoms with Crippen LogP contribution in [0.15, 0.2) is 23.9 Å². The molecule has 24 heavy (non-hydrogen) atoms. The molecule has 0 aromatic heterocycles.